The van der Waals surface area contributed by atoms with Crippen molar-refractivity contribution in [3.63, 3.8) is 0 Å². The van der Waals surface area contributed by atoms with Crippen LogP contribution in [-0.4, -0.2) is 73.6 Å². The number of amides is 2. The number of benzene rings is 1. The zero-order valence-corrected chi connectivity index (χ0v) is 17.5. The van der Waals surface area contributed by atoms with Crippen molar-refractivity contribution in [2.45, 2.75) is 26.3 Å². The number of nitrogens with zero attached hydrogens (tertiary/aromatic N) is 2. The summed E-state index contributed by atoms with van der Waals surface area (Å²) in [5.41, 5.74) is 0.395. The van der Waals surface area contributed by atoms with Gasteiger partial charge in [0, 0.05) is 39.3 Å². The molecule has 2 saturated heterocycles. The van der Waals surface area contributed by atoms with Gasteiger partial charge in [-0.05, 0) is 30.4 Å². The predicted molar refractivity (Wildman–Crippen MR) is 109 cm³/mol. The summed E-state index contributed by atoms with van der Waals surface area (Å²) in [7, 11) is 0. The second-order valence-corrected chi connectivity index (χ2v) is 8.44. The van der Waals surface area contributed by atoms with E-state index < -0.39 is 6.04 Å². The summed E-state index contributed by atoms with van der Waals surface area (Å²) >= 11 is 6.13. The van der Waals surface area contributed by atoms with Gasteiger partial charge in [0.05, 0.1) is 17.2 Å². The van der Waals surface area contributed by atoms with Crippen LogP contribution in [0.15, 0.2) is 24.3 Å². The van der Waals surface area contributed by atoms with Gasteiger partial charge in [0.1, 0.15) is 6.04 Å². The minimum Gasteiger partial charge on any atom is -0.381 e. The molecule has 28 heavy (non-hydrogen) atoms. The minimum atomic E-state index is -0.557. The van der Waals surface area contributed by atoms with E-state index in [-0.39, 0.29) is 17.7 Å². The van der Waals surface area contributed by atoms with Crippen LogP contribution in [0.3, 0.4) is 0 Å². The molecule has 3 rings (SSSR count). The maximum atomic E-state index is 13.1. The number of halogens is 1. The summed E-state index contributed by atoms with van der Waals surface area (Å²) in [6.45, 7) is 9.77. The van der Waals surface area contributed by atoms with Gasteiger partial charge in [-0.1, -0.05) is 37.6 Å². The van der Waals surface area contributed by atoms with Crippen LogP contribution in [0.4, 0.5) is 0 Å². The van der Waals surface area contributed by atoms with Gasteiger partial charge < -0.3 is 15.0 Å². The number of ether oxygens (including phenoxy) is 1. The van der Waals surface area contributed by atoms with E-state index in [1.54, 1.807) is 24.3 Å². The van der Waals surface area contributed by atoms with Gasteiger partial charge in [-0.25, -0.2) is 0 Å². The number of carbonyl (C=O) groups excluding carboxylic acids is 2. The molecule has 1 aromatic rings. The largest absolute Gasteiger partial charge is 0.381 e. The Hall–Kier alpha value is -1.63. The van der Waals surface area contributed by atoms with Crippen molar-refractivity contribution in [2.75, 3.05) is 45.9 Å². The quantitative estimate of drug-likeness (QED) is 0.785. The van der Waals surface area contributed by atoms with Crippen LogP contribution < -0.4 is 5.32 Å². The second kappa shape index (κ2) is 9.72. The number of rotatable bonds is 6. The van der Waals surface area contributed by atoms with Gasteiger partial charge in [-0.3, -0.25) is 14.5 Å². The first-order chi connectivity index (χ1) is 13.5. The van der Waals surface area contributed by atoms with Crippen molar-refractivity contribution in [1.82, 2.24) is 15.1 Å². The van der Waals surface area contributed by atoms with E-state index >= 15 is 0 Å². The SMILES string of the molecule is CC(C)[C@@H](NC(=O)c1ccccc1Cl)C(=O)N1CCN(C[C@H]2CCOC2)CC1. The molecular formula is C21H30ClN3O3. The van der Waals surface area contributed by atoms with E-state index in [9.17, 15) is 9.59 Å². The lowest BCUT2D eigenvalue weighted by Gasteiger charge is -2.38. The van der Waals surface area contributed by atoms with E-state index in [0.717, 1.165) is 39.3 Å². The Bertz CT molecular complexity index is 683. The molecule has 2 aliphatic rings. The predicted octanol–water partition coefficient (Wildman–Crippen LogP) is 2.28. The fourth-order valence-electron chi connectivity index (χ4n) is 3.82. The molecule has 2 atom stereocenters. The monoisotopic (exact) mass is 407 g/mol. The van der Waals surface area contributed by atoms with Crippen molar-refractivity contribution >= 4 is 23.4 Å². The summed E-state index contributed by atoms with van der Waals surface area (Å²) < 4.78 is 5.46. The van der Waals surface area contributed by atoms with Crippen molar-refractivity contribution in [1.29, 1.82) is 0 Å². The zero-order valence-electron chi connectivity index (χ0n) is 16.7. The molecule has 2 aliphatic heterocycles. The Morgan fingerprint density at radius 1 is 1.21 bits per heavy atom. The highest BCUT2D eigenvalue weighted by Crippen LogP contribution is 2.18. The molecule has 1 N–H and O–H groups in total. The number of nitrogens with one attached hydrogen (secondary N) is 1. The number of hydrogen-bond acceptors (Lipinski definition) is 4. The number of piperazine rings is 1. The Labute approximate surface area is 172 Å². The normalized spacial score (nSPS) is 21.7. The van der Waals surface area contributed by atoms with Crippen LogP contribution >= 0.6 is 11.6 Å². The third-order valence-corrected chi connectivity index (χ3v) is 5.89. The average Bonchev–Trinajstić information content (AvgIpc) is 3.19. The summed E-state index contributed by atoms with van der Waals surface area (Å²) in [6, 6.07) is 6.34. The molecule has 2 heterocycles. The minimum absolute atomic E-state index is 0.00685. The lowest BCUT2D eigenvalue weighted by molar-refractivity contribution is -0.136. The molecule has 0 bridgehead atoms. The van der Waals surface area contributed by atoms with E-state index in [1.165, 1.54) is 0 Å². The standard InChI is InChI=1S/C21H30ClN3O3/c1-15(2)19(23-20(26)17-5-3-4-6-18(17)22)21(27)25-10-8-24(9-11-25)13-16-7-12-28-14-16/h3-6,15-16,19H,7-14H2,1-2H3,(H,23,26)/t16-,19-/m1/s1. The van der Waals surface area contributed by atoms with Crippen LogP contribution in [0.1, 0.15) is 30.6 Å². The van der Waals surface area contributed by atoms with E-state index in [0.29, 0.717) is 29.6 Å². The van der Waals surface area contributed by atoms with Crippen molar-refractivity contribution in [2.24, 2.45) is 11.8 Å². The maximum Gasteiger partial charge on any atom is 0.253 e. The first-order valence-electron chi connectivity index (χ1n) is 10.1. The molecule has 6 nitrogen and oxygen atoms in total. The lowest BCUT2D eigenvalue weighted by atomic mass is 10.0. The first kappa shape index (κ1) is 21.1. The third-order valence-electron chi connectivity index (χ3n) is 5.56. The van der Waals surface area contributed by atoms with Gasteiger partial charge in [0.15, 0.2) is 0 Å². The summed E-state index contributed by atoms with van der Waals surface area (Å²) in [5.74, 6) is 0.282. The average molecular weight is 408 g/mol. The van der Waals surface area contributed by atoms with Gasteiger partial charge >= 0.3 is 0 Å². The van der Waals surface area contributed by atoms with Gasteiger partial charge in [-0.2, -0.15) is 0 Å². The summed E-state index contributed by atoms with van der Waals surface area (Å²) in [5, 5.41) is 3.28. The van der Waals surface area contributed by atoms with E-state index in [4.69, 9.17) is 16.3 Å². The third kappa shape index (κ3) is 5.25. The van der Waals surface area contributed by atoms with Gasteiger partial charge in [0.2, 0.25) is 5.91 Å². The van der Waals surface area contributed by atoms with Crippen LogP contribution in [-0.2, 0) is 9.53 Å². The molecular weight excluding hydrogens is 378 g/mol. The smallest absolute Gasteiger partial charge is 0.253 e. The molecule has 0 radical (unpaired) electrons. The van der Waals surface area contributed by atoms with Gasteiger partial charge in [-0.15, -0.1) is 0 Å². The molecule has 0 spiro atoms. The zero-order chi connectivity index (χ0) is 20.1. The molecule has 0 unspecified atom stereocenters. The number of carbonyl (C=O) groups is 2. The fourth-order valence-corrected chi connectivity index (χ4v) is 4.04. The highest BCUT2D eigenvalue weighted by molar-refractivity contribution is 6.33. The highest BCUT2D eigenvalue weighted by Gasteiger charge is 2.32. The Balaban J connectivity index is 1.56. The Morgan fingerprint density at radius 2 is 1.93 bits per heavy atom. The van der Waals surface area contributed by atoms with Crippen LogP contribution in [0.2, 0.25) is 5.02 Å². The first-order valence-corrected chi connectivity index (χ1v) is 10.5. The highest BCUT2D eigenvalue weighted by atomic mass is 35.5. The summed E-state index contributed by atoms with van der Waals surface area (Å²) in [4.78, 5) is 30.0. The molecule has 154 valence electrons. The fraction of sp³-hybridized carbons (Fsp3) is 0.619. The molecule has 0 aromatic heterocycles. The molecule has 0 saturated carbocycles. The molecule has 1 aromatic carbocycles. The Kier molecular flexibility index (Phi) is 7.32. The van der Waals surface area contributed by atoms with Crippen LogP contribution in [0, 0.1) is 11.8 Å². The Morgan fingerprint density at radius 3 is 2.54 bits per heavy atom. The topological polar surface area (TPSA) is 61.9 Å². The van der Waals surface area contributed by atoms with Gasteiger partial charge in [0.25, 0.3) is 5.91 Å². The van der Waals surface area contributed by atoms with Crippen molar-refractivity contribution < 1.29 is 14.3 Å². The number of hydrogen-bond donors (Lipinski definition) is 1. The van der Waals surface area contributed by atoms with E-state index in [1.807, 2.05) is 18.7 Å². The maximum absolute atomic E-state index is 13.1. The lowest BCUT2D eigenvalue weighted by Crippen LogP contribution is -2.56. The summed E-state index contributed by atoms with van der Waals surface area (Å²) in [6.07, 6.45) is 1.13. The van der Waals surface area contributed by atoms with Crippen LogP contribution in [0.5, 0.6) is 0 Å². The molecule has 2 amide bonds. The molecule has 7 heteroatoms. The molecule has 2 fully saturated rings. The molecule has 0 aliphatic carbocycles. The van der Waals surface area contributed by atoms with Crippen molar-refractivity contribution in [3.05, 3.63) is 34.9 Å². The van der Waals surface area contributed by atoms with E-state index in [2.05, 4.69) is 10.2 Å². The van der Waals surface area contributed by atoms with Crippen LogP contribution in [0.25, 0.3) is 0 Å². The van der Waals surface area contributed by atoms with Crippen molar-refractivity contribution in [3.8, 4) is 0 Å². The second-order valence-electron chi connectivity index (χ2n) is 8.03.